The third-order valence-corrected chi connectivity index (χ3v) is 4.27. The van der Waals surface area contributed by atoms with Gasteiger partial charge in [0.2, 0.25) is 0 Å². The minimum absolute atomic E-state index is 0.161. The summed E-state index contributed by atoms with van der Waals surface area (Å²) in [5.74, 6) is -1.27. The van der Waals surface area contributed by atoms with E-state index in [9.17, 15) is 14.4 Å². The number of aromatic nitrogens is 1. The molecule has 0 fully saturated rings. The maximum Gasteiger partial charge on any atom is 0.338 e. The lowest BCUT2D eigenvalue weighted by Crippen LogP contribution is -2.22. The van der Waals surface area contributed by atoms with Crippen molar-refractivity contribution in [2.75, 3.05) is 11.9 Å². The monoisotopic (exact) mass is 354 g/mol. The van der Waals surface area contributed by atoms with Crippen LogP contribution in [0.2, 0.25) is 0 Å². The molecule has 1 N–H and O–H groups in total. The second-order valence-electron chi connectivity index (χ2n) is 5.26. The van der Waals surface area contributed by atoms with Crippen molar-refractivity contribution >= 4 is 44.9 Å². The Morgan fingerprint density at radius 3 is 2.76 bits per heavy atom. The number of para-hydroxylation sites is 1. The van der Waals surface area contributed by atoms with Gasteiger partial charge in [0.25, 0.3) is 5.91 Å². The SMILES string of the molecule is CC(=O)c1ccccc1NC(=O)COC(=O)c1ccc2ncsc2c1. The van der Waals surface area contributed by atoms with Crippen molar-refractivity contribution in [3.63, 3.8) is 0 Å². The number of benzene rings is 2. The topological polar surface area (TPSA) is 85.4 Å². The van der Waals surface area contributed by atoms with Gasteiger partial charge in [0.15, 0.2) is 12.4 Å². The standard InChI is InChI=1S/C18H14N2O4S/c1-11(21)13-4-2-3-5-14(13)20-17(22)9-24-18(23)12-6-7-15-16(8-12)25-10-19-15/h2-8,10H,9H2,1H3,(H,20,22). The summed E-state index contributed by atoms with van der Waals surface area (Å²) in [6.07, 6.45) is 0. The summed E-state index contributed by atoms with van der Waals surface area (Å²) in [6, 6.07) is 11.7. The highest BCUT2D eigenvalue weighted by molar-refractivity contribution is 7.16. The van der Waals surface area contributed by atoms with E-state index in [1.165, 1.54) is 18.3 Å². The molecule has 1 aromatic heterocycles. The molecule has 3 aromatic rings. The van der Waals surface area contributed by atoms with Crippen LogP contribution in [-0.4, -0.2) is 29.3 Å². The fourth-order valence-electron chi connectivity index (χ4n) is 2.28. The molecule has 126 valence electrons. The highest BCUT2D eigenvalue weighted by atomic mass is 32.1. The molecule has 2 aromatic carbocycles. The van der Waals surface area contributed by atoms with E-state index in [1.807, 2.05) is 0 Å². The first kappa shape index (κ1) is 16.8. The predicted octanol–water partition coefficient (Wildman–Crippen LogP) is 3.29. The van der Waals surface area contributed by atoms with Crippen LogP contribution < -0.4 is 5.32 Å². The van der Waals surface area contributed by atoms with Gasteiger partial charge in [-0.1, -0.05) is 12.1 Å². The van der Waals surface area contributed by atoms with E-state index in [1.54, 1.807) is 48.0 Å². The molecular formula is C18H14N2O4S. The Kier molecular flexibility index (Phi) is 4.85. The van der Waals surface area contributed by atoms with Gasteiger partial charge in [0, 0.05) is 5.56 Å². The number of amides is 1. The number of esters is 1. The van der Waals surface area contributed by atoms with Gasteiger partial charge in [-0.2, -0.15) is 0 Å². The molecule has 1 heterocycles. The molecule has 3 rings (SSSR count). The van der Waals surface area contributed by atoms with Crippen molar-refractivity contribution < 1.29 is 19.1 Å². The Morgan fingerprint density at radius 1 is 1.16 bits per heavy atom. The predicted molar refractivity (Wildman–Crippen MR) is 95.0 cm³/mol. The quantitative estimate of drug-likeness (QED) is 0.561. The molecule has 0 atom stereocenters. The fourth-order valence-corrected chi connectivity index (χ4v) is 3.00. The van der Waals surface area contributed by atoms with Crippen molar-refractivity contribution in [1.29, 1.82) is 0 Å². The van der Waals surface area contributed by atoms with E-state index in [0.29, 0.717) is 16.8 Å². The third-order valence-electron chi connectivity index (χ3n) is 3.48. The number of carbonyl (C=O) groups excluding carboxylic acids is 3. The molecule has 0 spiro atoms. The van der Waals surface area contributed by atoms with Gasteiger partial charge < -0.3 is 10.1 Å². The zero-order chi connectivity index (χ0) is 17.8. The smallest absolute Gasteiger partial charge is 0.338 e. The van der Waals surface area contributed by atoms with Crippen LogP contribution in [0.1, 0.15) is 27.6 Å². The number of carbonyl (C=O) groups is 3. The summed E-state index contributed by atoms with van der Waals surface area (Å²) in [4.78, 5) is 39.7. The van der Waals surface area contributed by atoms with Crippen molar-refractivity contribution in [1.82, 2.24) is 4.98 Å². The van der Waals surface area contributed by atoms with Crippen molar-refractivity contribution in [3.05, 3.63) is 59.1 Å². The average molecular weight is 354 g/mol. The first-order valence-corrected chi connectivity index (χ1v) is 8.33. The van der Waals surface area contributed by atoms with E-state index in [-0.39, 0.29) is 5.78 Å². The third kappa shape index (κ3) is 3.89. The Balaban J connectivity index is 1.62. The Morgan fingerprint density at radius 2 is 1.96 bits per heavy atom. The summed E-state index contributed by atoms with van der Waals surface area (Å²) in [7, 11) is 0. The molecule has 0 aliphatic heterocycles. The number of ketones is 1. The number of Topliss-reactive ketones (excluding diaryl/α,β-unsaturated/α-hetero) is 1. The summed E-state index contributed by atoms with van der Waals surface area (Å²) in [5, 5.41) is 2.58. The number of nitrogens with one attached hydrogen (secondary N) is 1. The summed E-state index contributed by atoms with van der Waals surface area (Å²) < 4.78 is 5.91. The lowest BCUT2D eigenvalue weighted by molar-refractivity contribution is -0.119. The van der Waals surface area contributed by atoms with Crippen molar-refractivity contribution in [3.8, 4) is 0 Å². The number of hydrogen-bond donors (Lipinski definition) is 1. The normalized spacial score (nSPS) is 10.4. The van der Waals surface area contributed by atoms with Crippen LogP contribution in [0.4, 0.5) is 5.69 Å². The van der Waals surface area contributed by atoms with Crippen LogP contribution >= 0.6 is 11.3 Å². The molecule has 0 radical (unpaired) electrons. The lowest BCUT2D eigenvalue weighted by atomic mass is 10.1. The maximum atomic E-state index is 12.1. The highest BCUT2D eigenvalue weighted by Gasteiger charge is 2.13. The lowest BCUT2D eigenvalue weighted by Gasteiger charge is -2.09. The Labute approximate surface area is 147 Å². The summed E-state index contributed by atoms with van der Waals surface area (Å²) >= 11 is 1.42. The summed E-state index contributed by atoms with van der Waals surface area (Å²) in [5.41, 5.74) is 3.65. The molecule has 0 unspecified atom stereocenters. The number of ether oxygens (including phenoxy) is 1. The molecule has 6 nitrogen and oxygen atoms in total. The highest BCUT2D eigenvalue weighted by Crippen LogP contribution is 2.19. The fraction of sp³-hybridized carbons (Fsp3) is 0.111. The largest absolute Gasteiger partial charge is 0.452 e. The van der Waals surface area contributed by atoms with Crippen LogP contribution in [0.5, 0.6) is 0 Å². The van der Waals surface area contributed by atoms with E-state index >= 15 is 0 Å². The van der Waals surface area contributed by atoms with Gasteiger partial charge in [0.05, 0.1) is 27.0 Å². The zero-order valence-electron chi connectivity index (χ0n) is 13.3. The van der Waals surface area contributed by atoms with Gasteiger partial charge in [-0.3, -0.25) is 9.59 Å². The van der Waals surface area contributed by atoms with Crippen LogP contribution in [0, 0.1) is 0 Å². The van der Waals surface area contributed by atoms with Crippen molar-refractivity contribution in [2.24, 2.45) is 0 Å². The van der Waals surface area contributed by atoms with E-state index in [2.05, 4.69) is 10.3 Å². The number of hydrogen-bond acceptors (Lipinski definition) is 6. The zero-order valence-corrected chi connectivity index (χ0v) is 14.1. The number of thiazole rings is 1. The minimum atomic E-state index is -0.592. The van der Waals surface area contributed by atoms with Crippen LogP contribution in [0.25, 0.3) is 10.2 Å². The Hall–Kier alpha value is -3.06. The maximum absolute atomic E-state index is 12.1. The van der Waals surface area contributed by atoms with Crippen LogP contribution in [0.3, 0.4) is 0 Å². The van der Waals surface area contributed by atoms with Crippen molar-refractivity contribution in [2.45, 2.75) is 6.92 Å². The van der Waals surface area contributed by atoms with Crippen LogP contribution in [0.15, 0.2) is 48.0 Å². The van der Waals surface area contributed by atoms with Gasteiger partial charge in [0.1, 0.15) is 0 Å². The number of fused-ring (bicyclic) bond motifs is 1. The number of rotatable bonds is 5. The molecule has 0 aliphatic rings. The molecule has 0 bridgehead atoms. The molecular weight excluding hydrogens is 340 g/mol. The summed E-state index contributed by atoms with van der Waals surface area (Å²) in [6.45, 7) is 0.979. The molecule has 1 amide bonds. The number of nitrogens with zero attached hydrogens (tertiary/aromatic N) is 1. The van der Waals surface area contributed by atoms with Gasteiger partial charge in [-0.25, -0.2) is 9.78 Å². The van der Waals surface area contributed by atoms with Crippen LogP contribution in [-0.2, 0) is 9.53 Å². The van der Waals surface area contributed by atoms with Gasteiger partial charge >= 0.3 is 5.97 Å². The molecule has 25 heavy (non-hydrogen) atoms. The first-order chi connectivity index (χ1) is 12.0. The van der Waals surface area contributed by atoms with Gasteiger partial charge in [-0.15, -0.1) is 11.3 Å². The average Bonchev–Trinajstić information content (AvgIpc) is 3.07. The molecule has 0 aliphatic carbocycles. The number of anilines is 1. The van der Waals surface area contributed by atoms with E-state index < -0.39 is 18.5 Å². The second-order valence-corrected chi connectivity index (χ2v) is 6.15. The second kappa shape index (κ2) is 7.23. The minimum Gasteiger partial charge on any atom is -0.452 e. The first-order valence-electron chi connectivity index (χ1n) is 7.45. The molecule has 7 heteroatoms. The Bertz CT molecular complexity index is 964. The molecule has 0 saturated heterocycles. The van der Waals surface area contributed by atoms with E-state index in [0.717, 1.165) is 10.2 Å². The van der Waals surface area contributed by atoms with Gasteiger partial charge in [-0.05, 0) is 37.3 Å². The molecule has 0 saturated carbocycles. The van der Waals surface area contributed by atoms with E-state index in [4.69, 9.17) is 4.74 Å².